The van der Waals surface area contributed by atoms with E-state index in [-0.39, 0.29) is 17.9 Å². The predicted octanol–water partition coefficient (Wildman–Crippen LogP) is 3.02. The highest BCUT2D eigenvalue weighted by molar-refractivity contribution is 6.29. The second-order valence-corrected chi connectivity index (χ2v) is 5.68. The highest BCUT2D eigenvalue weighted by Gasteiger charge is 2.21. The van der Waals surface area contributed by atoms with Crippen molar-refractivity contribution < 1.29 is 4.79 Å². The molecule has 0 aliphatic heterocycles. The molecule has 0 fully saturated rings. The summed E-state index contributed by atoms with van der Waals surface area (Å²) in [5.74, 6) is -0.196. The van der Waals surface area contributed by atoms with Crippen LogP contribution in [0.25, 0.3) is 0 Å². The molecule has 0 aliphatic carbocycles. The molecule has 0 spiro atoms. The van der Waals surface area contributed by atoms with Gasteiger partial charge >= 0.3 is 0 Å². The van der Waals surface area contributed by atoms with Crippen LogP contribution in [0.3, 0.4) is 0 Å². The maximum atomic E-state index is 12.3. The average molecular weight is 280 g/mol. The van der Waals surface area contributed by atoms with Crippen LogP contribution < -0.4 is 0 Å². The van der Waals surface area contributed by atoms with Gasteiger partial charge in [-0.1, -0.05) is 32.4 Å². The normalized spacial score (nSPS) is 10.9. The molecule has 19 heavy (non-hydrogen) atoms. The fraction of sp³-hybridized carbons (Fsp3) is 0.500. The van der Waals surface area contributed by atoms with Crippen molar-refractivity contribution in [2.24, 2.45) is 0 Å². The van der Waals surface area contributed by atoms with E-state index >= 15 is 0 Å². The van der Waals surface area contributed by atoms with Crippen molar-refractivity contribution in [1.82, 2.24) is 9.88 Å². The SMILES string of the molecule is CCN(CC#N)C(=O)c1cc(Cl)nc(C(C)(C)C)c1. The zero-order chi connectivity index (χ0) is 14.6. The van der Waals surface area contributed by atoms with Crippen molar-refractivity contribution in [3.8, 4) is 6.07 Å². The number of hydrogen-bond donors (Lipinski definition) is 0. The number of nitriles is 1. The van der Waals surface area contributed by atoms with Gasteiger partial charge in [0.25, 0.3) is 5.91 Å². The minimum atomic E-state index is -0.196. The maximum absolute atomic E-state index is 12.3. The number of carbonyl (C=O) groups excluding carboxylic acids is 1. The summed E-state index contributed by atoms with van der Waals surface area (Å²) >= 11 is 5.98. The van der Waals surface area contributed by atoms with Crippen molar-refractivity contribution in [1.29, 1.82) is 5.26 Å². The van der Waals surface area contributed by atoms with E-state index in [0.29, 0.717) is 17.3 Å². The van der Waals surface area contributed by atoms with Crippen molar-refractivity contribution in [2.45, 2.75) is 33.1 Å². The van der Waals surface area contributed by atoms with Crippen molar-refractivity contribution >= 4 is 17.5 Å². The van der Waals surface area contributed by atoms with E-state index in [1.807, 2.05) is 33.8 Å². The molecule has 0 saturated carbocycles. The van der Waals surface area contributed by atoms with Crippen LogP contribution in [0.5, 0.6) is 0 Å². The first-order chi connectivity index (χ1) is 8.79. The molecule has 0 saturated heterocycles. The van der Waals surface area contributed by atoms with Gasteiger partial charge in [-0.3, -0.25) is 4.79 Å². The number of rotatable bonds is 3. The molecular formula is C14H18ClN3O. The van der Waals surface area contributed by atoms with Gasteiger partial charge in [-0.15, -0.1) is 0 Å². The Morgan fingerprint density at radius 1 is 1.47 bits per heavy atom. The van der Waals surface area contributed by atoms with Gasteiger partial charge in [0.2, 0.25) is 0 Å². The van der Waals surface area contributed by atoms with Gasteiger partial charge in [0.05, 0.1) is 6.07 Å². The quantitative estimate of drug-likeness (QED) is 0.631. The minimum absolute atomic E-state index is 0.0696. The molecule has 1 rings (SSSR count). The summed E-state index contributed by atoms with van der Waals surface area (Å²) in [6, 6.07) is 5.27. The molecule has 0 bridgehead atoms. The molecule has 4 nitrogen and oxygen atoms in total. The van der Waals surface area contributed by atoms with Crippen LogP contribution in [0.1, 0.15) is 43.7 Å². The van der Waals surface area contributed by atoms with Crippen molar-refractivity contribution in [3.05, 3.63) is 28.5 Å². The maximum Gasteiger partial charge on any atom is 0.254 e. The monoisotopic (exact) mass is 279 g/mol. The predicted molar refractivity (Wildman–Crippen MR) is 75.1 cm³/mol. The Morgan fingerprint density at radius 2 is 2.11 bits per heavy atom. The Bertz CT molecular complexity index is 514. The van der Waals surface area contributed by atoms with E-state index in [1.54, 1.807) is 12.1 Å². The first kappa shape index (κ1) is 15.5. The highest BCUT2D eigenvalue weighted by atomic mass is 35.5. The summed E-state index contributed by atoms with van der Waals surface area (Å²) in [5, 5.41) is 9.01. The van der Waals surface area contributed by atoms with E-state index in [9.17, 15) is 4.79 Å². The van der Waals surface area contributed by atoms with Gasteiger partial charge in [-0.2, -0.15) is 5.26 Å². The second kappa shape index (κ2) is 6.03. The largest absolute Gasteiger partial charge is 0.326 e. The van der Waals surface area contributed by atoms with Crippen LogP contribution >= 0.6 is 11.6 Å². The van der Waals surface area contributed by atoms with Gasteiger partial charge in [-0.05, 0) is 19.1 Å². The topological polar surface area (TPSA) is 57.0 Å². The Hall–Kier alpha value is -1.60. The Labute approximate surface area is 119 Å². The number of pyridine rings is 1. The van der Waals surface area contributed by atoms with Crippen LogP contribution in [-0.4, -0.2) is 28.9 Å². The third-order valence-corrected chi connectivity index (χ3v) is 2.93. The lowest BCUT2D eigenvalue weighted by atomic mass is 9.91. The standard InChI is InChI=1S/C14H18ClN3O/c1-5-18(7-6-16)13(19)10-8-11(14(2,3)4)17-12(15)9-10/h8-9H,5,7H2,1-4H3. The summed E-state index contributed by atoms with van der Waals surface area (Å²) in [4.78, 5) is 18.0. The highest BCUT2D eigenvalue weighted by Crippen LogP contribution is 2.24. The first-order valence-corrected chi connectivity index (χ1v) is 6.51. The molecular weight excluding hydrogens is 262 g/mol. The van der Waals surface area contributed by atoms with Gasteiger partial charge in [0, 0.05) is 23.2 Å². The number of carbonyl (C=O) groups is 1. The Morgan fingerprint density at radius 3 is 2.58 bits per heavy atom. The zero-order valence-electron chi connectivity index (χ0n) is 11.7. The summed E-state index contributed by atoms with van der Waals surface area (Å²) in [6.45, 7) is 8.41. The molecule has 0 N–H and O–H groups in total. The van der Waals surface area contributed by atoms with Crippen LogP contribution in [-0.2, 0) is 5.41 Å². The molecule has 102 valence electrons. The zero-order valence-corrected chi connectivity index (χ0v) is 12.5. The van der Waals surface area contributed by atoms with Crippen molar-refractivity contribution in [3.63, 3.8) is 0 Å². The molecule has 1 aromatic rings. The molecule has 0 unspecified atom stereocenters. The van der Waals surface area contributed by atoms with Crippen molar-refractivity contribution in [2.75, 3.05) is 13.1 Å². The molecule has 1 amide bonds. The fourth-order valence-corrected chi connectivity index (χ4v) is 1.81. The minimum Gasteiger partial charge on any atom is -0.326 e. The molecule has 1 aromatic heterocycles. The Balaban J connectivity index is 3.17. The number of halogens is 1. The van der Waals surface area contributed by atoms with Crippen LogP contribution in [0.15, 0.2) is 12.1 Å². The van der Waals surface area contributed by atoms with E-state index in [0.717, 1.165) is 5.69 Å². The third-order valence-electron chi connectivity index (χ3n) is 2.74. The first-order valence-electron chi connectivity index (χ1n) is 6.14. The van der Waals surface area contributed by atoms with Crippen LogP contribution in [0.4, 0.5) is 0 Å². The molecule has 0 aliphatic rings. The Kier molecular flexibility index (Phi) is 4.90. The summed E-state index contributed by atoms with van der Waals surface area (Å²) in [7, 11) is 0. The third kappa shape index (κ3) is 3.93. The van der Waals surface area contributed by atoms with Crippen LogP contribution in [0.2, 0.25) is 5.15 Å². The number of amides is 1. The van der Waals surface area contributed by atoms with E-state index in [4.69, 9.17) is 16.9 Å². The lowest BCUT2D eigenvalue weighted by molar-refractivity contribution is 0.0784. The van der Waals surface area contributed by atoms with Crippen LogP contribution in [0, 0.1) is 11.3 Å². The molecule has 0 atom stereocenters. The van der Waals surface area contributed by atoms with E-state index in [1.165, 1.54) is 4.90 Å². The number of aromatic nitrogens is 1. The van der Waals surface area contributed by atoms with E-state index in [2.05, 4.69) is 4.98 Å². The molecule has 1 heterocycles. The molecule has 0 aromatic carbocycles. The number of hydrogen-bond acceptors (Lipinski definition) is 3. The average Bonchev–Trinajstić information content (AvgIpc) is 2.33. The van der Waals surface area contributed by atoms with Gasteiger partial charge < -0.3 is 4.90 Å². The summed E-state index contributed by atoms with van der Waals surface area (Å²) in [6.07, 6.45) is 0. The second-order valence-electron chi connectivity index (χ2n) is 5.29. The molecule has 0 radical (unpaired) electrons. The van der Waals surface area contributed by atoms with Gasteiger partial charge in [0.15, 0.2) is 0 Å². The lowest BCUT2D eigenvalue weighted by Crippen LogP contribution is -2.31. The van der Waals surface area contributed by atoms with E-state index < -0.39 is 0 Å². The summed E-state index contributed by atoms with van der Waals surface area (Å²) in [5.41, 5.74) is 1.05. The molecule has 5 heteroatoms. The lowest BCUT2D eigenvalue weighted by Gasteiger charge is -2.21. The van der Waals surface area contributed by atoms with Gasteiger partial charge in [-0.25, -0.2) is 4.98 Å². The smallest absolute Gasteiger partial charge is 0.254 e. The number of nitrogens with zero attached hydrogens (tertiary/aromatic N) is 3. The summed E-state index contributed by atoms with van der Waals surface area (Å²) < 4.78 is 0. The van der Waals surface area contributed by atoms with Gasteiger partial charge in [0.1, 0.15) is 11.7 Å². The fourth-order valence-electron chi connectivity index (χ4n) is 1.60.